The van der Waals surface area contributed by atoms with Crippen LogP contribution in [0.4, 0.5) is 10.1 Å². The van der Waals surface area contributed by atoms with Gasteiger partial charge in [-0.2, -0.15) is 0 Å². The zero-order chi connectivity index (χ0) is 10.7. The molecule has 0 heterocycles. The summed E-state index contributed by atoms with van der Waals surface area (Å²) in [5.41, 5.74) is 5.73. The minimum Gasteiger partial charge on any atom is -0.325 e. The first-order valence-electron chi connectivity index (χ1n) is 4.01. The van der Waals surface area contributed by atoms with E-state index in [0.29, 0.717) is 10.2 Å². The first-order valence-corrected chi connectivity index (χ1v) is 4.81. The third-order valence-corrected chi connectivity index (χ3v) is 2.00. The molecular formula is C9H10BrFN2O. The molecule has 5 heteroatoms. The average molecular weight is 261 g/mol. The van der Waals surface area contributed by atoms with Crippen molar-refractivity contribution in [2.24, 2.45) is 5.73 Å². The second-order valence-electron chi connectivity index (χ2n) is 2.94. The fourth-order valence-corrected chi connectivity index (χ4v) is 1.35. The zero-order valence-electron chi connectivity index (χ0n) is 7.55. The van der Waals surface area contributed by atoms with Crippen LogP contribution in [-0.2, 0) is 4.79 Å². The van der Waals surface area contributed by atoms with Crippen LogP contribution in [-0.4, -0.2) is 11.9 Å². The fourth-order valence-electron chi connectivity index (χ4n) is 0.882. The number of carbonyl (C=O) groups excluding carboxylic acids is 1. The van der Waals surface area contributed by atoms with Crippen molar-refractivity contribution in [1.82, 2.24) is 0 Å². The molecule has 0 spiro atoms. The Morgan fingerprint density at radius 3 is 2.71 bits per heavy atom. The maximum absolute atomic E-state index is 12.9. The minimum atomic E-state index is -0.614. The topological polar surface area (TPSA) is 55.1 Å². The van der Waals surface area contributed by atoms with Gasteiger partial charge in [0, 0.05) is 10.2 Å². The predicted molar refractivity (Wildman–Crippen MR) is 56.4 cm³/mol. The van der Waals surface area contributed by atoms with Gasteiger partial charge in [0.15, 0.2) is 0 Å². The number of nitrogens with two attached hydrogens (primary N) is 1. The smallest absolute Gasteiger partial charge is 0.241 e. The van der Waals surface area contributed by atoms with E-state index < -0.39 is 11.9 Å². The number of rotatable bonds is 2. The quantitative estimate of drug-likeness (QED) is 0.853. The highest BCUT2D eigenvalue weighted by molar-refractivity contribution is 9.10. The molecule has 0 aliphatic rings. The molecule has 1 atom stereocenters. The Morgan fingerprint density at radius 2 is 2.21 bits per heavy atom. The average Bonchev–Trinajstić information content (AvgIpc) is 2.01. The van der Waals surface area contributed by atoms with Crippen LogP contribution >= 0.6 is 15.9 Å². The zero-order valence-corrected chi connectivity index (χ0v) is 9.14. The van der Waals surface area contributed by atoms with E-state index in [-0.39, 0.29) is 5.91 Å². The summed E-state index contributed by atoms with van der Waals surface area (Å²) in [6, 6.07) is 3.52. The molecule has 0 radical (unpaired) electrons. The summed E-state index contributed by atoms with van der Waals surface area (Å²) in [5, 5.41) is 2.49. The van der Waals surface area contributed by atoms with Gasteiger partial charge in [0.05, 0.1) is 6.04 Å². The highest BCUT2D eigenvalue weighted by Gasteiger charge is 2.08. The number of carbonyl (C=O) groups is 1. The molecule has 0 bridgehead atoms. The number of anilines is 1. The molecule has 0 aliphatic heterocycles. The molecule has 0 aliphatic carbocycles. The van der Waals surface area contributed by atoms with Crippen LogP contribution in [0.15, 0.2) is 22.7 Å². The largest absolute Gasteiger partial charge is 0.325 e. The van der Waals surface area contributed by atoms with Gasteiger partial charge in [0.2, 0.25) is 5.91 Å². The van der Waals surface area contributed by atoms with E-state index in [0.717, 1.165) is 0 Å². The Morgan fingerprint density at radius 1 is 1.57 bits per heavy atom. The number of amides is 1. The third kappa shape index (κ3) is 3.08. The summed E-state index contributed by atoms with van der Waals surface area (Å²) in [4.78, 5) is 11.2. The van der Waals surface area contributed by atoms with E-state index in [2.05, 4.69) is 21.2 Å². The monoisotopic (exact) mass is 260 g/mol. The van der Waals surface area contributed by atoms with Crippen LogP contribution in [0.1, 0.15) is 6.92 Å². The summed E-state index contributed by atoms with van der Waals surface area (Å²) >= 11 is 3.12. The number of halogens is 2. The maximum Gasteiger partial charge on any atom is 0.241 e. The molecule has 1 amide bonds. The summed E-state index contributed by atoms with van der Waals surface area (Å²) < 4.78 is 13.4. The number of hydrogen-bond acceptors (Lipinski definition) is 2. The lowest BCUT2D eigenvalue weighted by Crippen LogP contribution is -2.32. The molecule has 3 N–H and O–H groups in total. The van der Waals surface area contributed by atoms with Crippen LogP contribution in [0.3, 0.4) is 0 Å². The Balaban J connectivity index is 2.82. The lowest BCUT2D eigenvalue weighted by molar-refractivity contribution is -0.117. The van der Waals surface area contributed by atoms with Crippen molar-refractivity contribution in [2.75, 3.05) is 5.32 Å². The predicted octanol–water partition coefficient (Wildman–Crippen LogP) is 1.87. The highest BCUT2D eigenvalue weighted by atomic mass is 79.9. The molecule has 0 saturated carbocycles. The van der Waals surface area contributed by atoms with Crippen LogP contribution in [0.25, 0.3) is 0 Å². The molecule has 1 rings (SSSR count). The number of hydrogen-bond donors (Lipinski definition) is 2. The first-order chi connectivity index (χ1) is 6.49. The molecule has 76 valence electrons. The van der Waals surface area contributed by atoms with Gasteiger partial charge in [-0.05, 0) is 25.1 Å². The fraction of sp³-hybridized carbons (Fsp3) is 0.222. The van der Waals surface area contributed by atoms with E-state index in [1.807, 2.05) is 0 Å². The molecule has 0 aromatic heterocycles. The van der Waals surface area contributed by atoms with E-state index >= 15 is 0 Å². The Kier molecular flexibility index (Phi) is 3.60. The van der Waals surface area contributed by atoms with Crippen molar-refractivity contribution in [3.8, 4) is 0 Å². The van der Waals surface area contributed by atoms with Crippen molar-refractivity contribution >= 4 is 27.5 Å². The van der Waals surface area contributed by atoms with Crippen molar-refractivity contribution in [1.29, 1.82) is 0 Å². The molecule has 1 aromatic carbocycles. The summed E-state index contributed by atoms with van der Waals surface area (Å²) in [7, 11) is 0. The SMILES string of the molecule is CC(N)C(=O)Nc1cc(F)cc(Br)c1. The first kappa shape index (κ1) is 11.1. The summed E-state index contributed by atoms with van der Waals surface area (Å²) in [6.45, 7) is 1.56. The second kappa shape index (κ2) is 4.52. The number of benzene rings is 1. The highest BCUT2D eigenvalue weighted by Crippen LogP contribution is 2.18. The van der Waals surface area contributed by atoms with Gasteiger partial charge in [0.25, 0.3) is 0 Å². The summed E-state index contributed by atoms with van der Waals surface area (Å²) in [6.07, 6.45) is 0. The summed E-state index contributed by atoms with van der Waals surface area (Å²) in [5.74, 6) is -0.762. The van der Waals surface area contributed by atoms with Gasteiger partial charge >= 0.3 is 0 Å². The van der Waals surface area contributed by atoms with E-state index in [1.165, 1.54) is 12.1 Å². The van der Waals surface area contributed by atoms with Gasteiger partial charge in [-0.3, -0.25) is 4.79 Å². The van der Waals surface area contributed by atoms with Gasteiger partial charge in [-0.1, -0.05) is 15.9 Å². The van der Waals surface area contributed by atoms with Gasteiger partial charge < -0.3 is 11.1 Å². The van der Waals surface area contributed by atoms with E-state index in [4.69, 9.17) is 5.73 Å². The molecular weight excluding hydrogens is 251 g/mol. The molecule has 0 saturated heterocycles. The maximum atomic E-state index is 12.9. The van der Waals surface area contributed by atoms with Gasteiger partial charge in [0.1, 0.15) is 5.82 Å². The molecule has 1 unspecified atom stereocenters. The van der Waals surface area contributed by atoms with Crippen molar-refractivity contribution in [2.45, 2.75) is 13.0 Å². The Hall–Kier alpha value is -0.940. The van der Waals surface area contributed by atoms with Crippen LogP contribution < -0.4 is 11.1 Å². The van der Waals surface area contributed by atoms with Gasteiger partial charge in [-0.25, -0.2) is 4.39 Å². The third-order valence-electron chi connectivity index (χ3n) is 1.54. The second-order valence-corrected chi connectivity index (χ2v) is 3.85. The standard InChI is InChI=1S/C9H10BrFN2O/c1-5(12)9(14)13-8-3-6(10)2-7(11)4-8/h2-5H,12H2,1H3,(H,13,14). The Bertz CT molecular complexity index is 334. The lowest BCUT2D eigenvalue weighted by atomic mass is 10.3. The van der Waals surface area contributed by atoms with E-state index in [9.17, 15) is 9.18 Å². The minimum absolute atomic E-state index is 0.345. The van der Waals surface area contributed by atoms with Crippen molar-refractivity contribution in [3.63, 3.8) is 0 Å². The normalized spacial score (nSPS) is 12.3. The van der Waals surface area contributed by atoms with Crippen molar-refractivity contribution < 1.29 is 9.18 Å². The number of nitrogens with one attached hydrogen (secondary N) is 1. The molecule has 3 nitrogen and oxygen atoms in total. The molecule has 14 heavy (non-hydrogen) atoms. The molecule has 1 aromatic rings. The van der Waals surface area contributed by atoms with Crippen molar-refractivity contribution in [3.05, 3.63) is 28.5 Å². The molecule has 0 fully saturated rings. The van der Waals surface area contributed by atoms with Crippen LogP contribution in [0.2, 0.25) is 0 Å². The van der Waals surface area contributed by atoms with Gasteiger partial charge in [-0.15, -0.1) is 0 Å². The lowest BCUT2D eigenvalue weighted by Gasteiger charge is -2.07. The van der Waals surface area contributed by atoms with Crippen LogP contribution in [0, 0.1) is 5.82 Å². The Labute approximate surface area is 89.6 Å². The van der Waals surface area contributed by atoms with E-state index in [1.54, 1.807) is 13.0 Å². The van der Waals surface area contributed by atoms with Crippen LogP contribution in [0.5, 0.6) is 0 Å².